The average molecular weight is 537 g/mol. The number of hydrogen-bond donors (Lipinski definition) is 0. The van der Waals surface area contributed by atoms with Gasteiger partial charge in [-0.3, -0.25) is 4.79 Å². The van der Waals surface area contributed by atoms with E-state index in [0.29, 0.717) is 6.42 Å². The summed E-state index contributed by atoms with van der Waals surface area (Å²) in [4.78, 5) is 12.0. The van der Waals surface area contributed by atoms with Gasteiger partial charge in [-0.15, -0.1) is 0 Å². The lowest BCUT2D eigenvalue weighted by Crippen LogP contribution is -2.44. The molecular formula is C30H49FO5Si. The number of carbonyl (C=O) groups is 1. The average Bonchev–Trinajstić information content (AvgIpc) is 2.79. The standard InChI is InChI=1S/C30H49FO5Si/c1-22(23(2)36-37(10,11)30(6,7)8)20-26(31)27(14-12-13-19-34-28(32)29(3,4)5)35-21-24-15-17-25(33-9)18-16-24/h12,14-18,20,22-23,27H,13,19,21H2,1-11H3/b14-12-,26-20+/t22-,23-,27+/m1/s1. The first-order valence-electron chi connectivity index (χ1n) is 13.1. The quantitative estimate of drug-likeness (QED) is 0.111. The van der Waals surface area contributed by atoms with Gasteiger partial charge < -0.3 is 18.6 Å². The topological polar surface area (TPSA) is 54.0 Å². The molecule has 0 spiro atoms. The van der Waals surface area contributed by atoms with Crippen molar-refractivity contribution in [3.05, 3.63) is 53.9 Å². The summed E-state index contributed by atoms with van der Waals surface area (Å²) in [6.07, 6.45) is 4.56. The molecule has 1 aromatic rings. The Morgan fingerprint density at radius 2 is 1.65 bits per heavy atom. The molecule has 37 heavy (non-hydrogen) atoms. The lowest BCUT2D eigenvalue weighted by molar-refractivity contribution is -0.152. The summed E-state index contributed by atoms with van der Waals surface area (Å²) in [6, 6.07) is 7.48. The predicted octanol–water partition coefficient (Wildman–Crippen LogP) is 8.02. The van der Waals surface area contributed by atoms with Crippen molar-refractivity contribution in [1.82, 2.24) is 0 Å². The highest BCUT2D eigenvalue weighted by Crippen LogP contribution is 2.38. The van der Waals surface area contributed by atoms with Gasteiger partial charge in [-0.25, -0.2) is 4.39 Å². The molecule has 0 aromatic heterocycles. The van der Waals surface area contributed by atoms with Gasteiger partial charge in [0.05, 0.1) is 25.7 Å². The van der Waals surface area contributed by atoms with Crippen LogP contribution in [-0.2, 0) is 25.3 Å². The van der Waals surface area contributed by atoms with Crippen LogP contribution in [0.25, 0.3) is 0 Å². The summed E-state index contributed by atoms with van der Waals surface area (Å²) in [7, 11) is -0.365. The van der Waals surface area contributed by atoms with Crippen molar-refractivity contribution in [2.75, 3.05) is 13.7 Å². The first kappa shape index (κ1) is 33.1. The molecule has 1 rings (SSSR count). The van der Waals surface area contributed by atoms with Crippen molar-refractivity contribution in [3.8, 4) is 5.75 Å². The third-order valence-corrected chi connectivity index (χ3v) is 11.3. The molecule has 0 bridgehead atoms. The zero-order chi connectivity index (χ0) is 28.4. The number of hydrogen-bond acceptors (Lipinski definition) is 5. The van der Waals surface area contributed by atoms with Crippen LogP contribution in [0.4, 0.5) is 4.39 Å². The van der Waals surface area contributed by atoms with E-state index in [1.165, 1.54) is 0 Å². The molecule has 0 aliphatic heterocycles. The van der Waals surface area contributed by atoms with Gasteiger partial charge in [0.1, 0.15) is 17.7 Å². The van der Waals surface area contributed by atoms with Gasteiger partial charge in [0.15, 0.2) is 8.32 Å². The molecule has 1 aromatic carbocycles. The lowest BCUT2D eigenvalue weighted by atomic mass is 9.97. The van der Waals surface area contributed by atoms with Crippen LogP contribution in [0.1, 0.15) is 67.4 Å². The molecule has 0 fully saturated rings. The van der Waals surface area contributed by atoms with Crippen molar-refractivity contribution in [1.29, 1.82) is 0 Å². The molecule has 0 heterocycles. The second-order valence-corrected chi connectivity index (χ2v) is 16.9. The van der Waals surface area contributed by atoms with E-state index in [0.717, 1.165) is 11.3 Å². The summed E-state index contributed by atoms with van der Waals surface area (Å²) in [5.74, 6) is -0.0126. The van der Waals surface area contributed by atoms with E-state index in [1.54, 1.807) is 25.3 Å². The third-order valence-electron chi connectivity index (χ3n) is 6.75. The lowest BCUT2D eigenvalue weighted by Gasteiger charge is -2.39. The van der Waals surface area contributed by atoms with Gasteiger partial charge in [0.25, 0.3) is 0 Å². The maximum atomic E-state index is 15.5. The molecule has 0 aliphatic carbocycles. The van der Waals surface area contributed by atoms with Crippen LogP contribution in [0.5, 0.6) is 5.75 Å². The molecule has 7 heteroatoms. The smallest absolute Gasteiger partial charge is 0.311 e. The maximum Gasteiger partial charge on any atom is 0.311 e. The van der Waals surface area contributed by atoms with Crippen LogP contribution < -0.4 is 4.74 Å². The summed E-state index contributed by atoms with van der Waals surface area (Å²) in [5, 5.41) is 0.0758. The monoisotopic (exact) mass is 536 g/mol. The van der Waals surface area contributed by atoms with Crippen LogP contribution in [0.2, 0.25) is 18.1 Å². The van der Waals surface area contributed by atoms with Crippen molar-refractivity contribution >= 4 is 14.3 Å². The molecule has 3 atom stereocenters. The SMILES string of the molecule is COc1ccc(CO[C@@H](/C=C\CCOC(=O)C(C)(C)C)/C(F)=C\[C@@H](C)[C@@H](C)O[Si](C)(C)C(C)(C)C)cc1. The predicted molar refractivity (Wildman–Crippen MR) is 152 cm³/mol. The van der Waals surface area contributed by atoms with Gasteiger partial charge in [0, 0.05) is 12.0 Å². The fourth-order valence-electron chi connectivity index (χ4n) is 3.02. The van der Waals surface area contributed by atoms with Gasteiger partial charge in [-0.1, -0.05) is 52.0 Å². The highest BCUT2D eigenvalue weighted by atomic mass is 28.4. The Morgan fingerprint density at radius 1 is 1.05 bits per heavy atom. The minimum Gasteiger partial charge on any atom is -0.497 e. The Hall–Kier alpha value is -1.96. The number of carbonyl (C=O) groups excluding carboxylic acids is 1. The van der Waals surface area contributed by atoms with E-state index in [1.807, 2.05) is 58.9 Å². The van der Waals surface area contributed by atoms with E-state index in [2.05, 4.69) is 33.9 Å². The molecule has 0 aliphatic rings. The van der Waals surface area contributed by atoms with Crippen molar-refractivity contribution < 1.29 is 27.8 Å². The van der Waals surface area contributed by atoms with Gasteiger partial charge in [-0.05, 0) is 76.0 Å². The molecule has 0 saturated carbocycles. The van der Waals surface area contributed by atoms with Crippen LogP contribution in [0.15, 0.2) is 48.3 Å². The summed E-state index contributed by atoms with van der Waals surface area (Å²) in [5.41, 5.74) is 0.357. The molecule has 0 saturated heterocycles. The highest BCUT2D eigenvalue weighted by molar-refractivity contribution is 6.74. The highest BCUT2D eigenvalue weighted by Gasteiger charge is 2.39. The van der Waals surface area contributed by atoms with E-state index >= 15 is 4.39 Å². The van der Waals surface area contributed by atoms with E-state index in [4.69, 9.17) is 18.6 Å². The summed E-state index contributed by atoms with van der Waals surface area (Å²) >= 11 is 0. The van der Waals surface area contributed by atoms with Crippen LogP contribution in [-0.4, -0.2) is 40.2 Å². The fraction of sp³-hybridized carbons (Fsp3) is 0.633. The number of rotatable bonds is 13. The third kappa shape index (κ3) is 11.5. The molecule has 0 radical (unpaired) electrons. The van der Waals surface area contributed by atoms with Gasteiger partial charge in [-0.2, -0.15) is 0 Å². The summed E-state index contributed by atoms with van der Waals surface area (Å²) < 4.78 is 38.4. The first-order valence-corrected chi connectivity index (χ1v) is 16.0. The summed E-state index contributed by atoms with van der Waals surface area (Å²) in [6.45, 7) is 20.9. The Labute approximate surface area is 225 Å². The van der Waals surface area contributed by atoms with Crippen LogP contribution >= 0.6 is 0 Å². The zero-order valence-electron chi connectivity index (χ0n) is 24.8. The maximum absolute atomic E-state index is 15.5. The Morgan fingerprint density at radius 3 is 2.16 bits per heavy atom. The second-order valence-electron chi connectivity index (χ2n) is 12.2. The molecule has 0 unspecified atom stereocenters. The minimum absolute atomic E-state index is 0.0758. The number of benzene rings is 1. The van der Waals surface area contributed by atoms with Crippen molar-refractivity contribution in [3.63, 3.8) is 0 Å². The Kier molecular flexibility index (Phi) is 12.7. The van der Waals surface area contributed by atoms with E-state index in [-0.39, 0.29) is 42.1 Å². The van der Waals surface area contributed by atoms with E-state index in [9.17, 15) is 4.79 Å². The molecule has 0 N–H and O–H groups in total. The van der Waals surface area contributed by atoms with Crippen LogP contribution in [0, 0.1) is 11.3 Å². The van der Waals surface area contributed by atoms with Crippen molar-refractivity contribution in [2.24, 2.45) is 11.3 Å². The van der Waals surface area contributed by atoms with Crippen molar-refractivity contribution in [2.45, 2.75) is 98.8 Å². The zero-order valence-corrected chi connectivity index (χ0v) is 25.8. The van der Waals surface area contributed by atoms with Gasteiger partial charge in [0.2, 0.25) is 0 Å². The Balaban J connectivity index is 2.94. The van der Waals surface area contributed by atoms with Gasteiger partial charge >= 0.3 is 5.97 Å². The second kappa shape index (κ2) is 14.3. The number of halogens is 1. The molecular weight excluding hydrogens is 487 g/mol. The number of esters is 1. The molecule has 5 nitrogen and oxygen atoms in total. The minimum atomic E-state index is -1.98. The first-order chi connectivity index (χ1) is 17.0. The van der Waals surface area contributed by atoms with E-state index < -0.39 is 19.8 Å². The number of methoxy groups -OCH3 is 1. The molecule has 0 amide bonds. The number of ether oxygens (including phenoxy) is 3. The van der Waals surface area contributed by atoms with Crippen LogP contribution in [0.3, 0.4) is 0 Å². The molecule has 210 valence electrons. The fourth-order valence-corrected chi connectivity index (χ4v) is 4.52. The Bertz CT molecular complexity index is 894. The normalized spacial score (nSPS) is 15.9. The largest absolute Gasteiger partial charge is 0.497 e.